The number of hydrogen-bond donors (Lipinski definition) is 2. The fourth-order valence-corrected chi connectivity index (χ4v) is 1.59. The van der Waals surface area contributed by atoms with Crippen LogP contribution in [-0.2, 0) is 22.6 Å². The second-order valence-corrected chi connectivity index (χ2v) is 3.95. The summed E-state index contributed by atoms with van der Waals surface area (Å²) in [7, 11) is 1.68. The van der Waals surface area contributed by atoms with E-state index >= 15 is 0 Å². The molecule has 18 heavy (non-hydrogen) atoms. The van der Waals surface area contributed by atoms with Gasteiger partial charge in [-0.2, -0.15) is 0 Å². The van der Waals surface area contributed by atoms with E-state index < -0.39 is 0 Å². The maximum atomic E-state index is 11.4. The summed E-state index contributed by atoms with van der Waals surface area (Å²) in [6, 6.07) is 0. The first-order valence-corrected chi connectivity index (χ1v) is 6.23. The van der Waals surface area contributed by atoms with Gasteiger partial charge in [0.15, 0.2) is 0 Å². The van der Waals surface area contributed by atoms with Gasteiger partial charge in [-0.25, -0.2) is 4.98 Å². The number of methoxy groups -OCH3 is 1. The van der Waals surface area contributed by atoms with Gasteiger partial charge in [-0.1, -0.05) is 0 Å². The van der Waals surface area contributed by atoms with Crippen LogP contribution in [0.5, 0.6) is 0 Å². The van der Waals surface area contributed by atoms with Crippen LogP contribution in [0.1, 0.15) is 19.0 Å². The molecular formula is C12H22N4O2. The number of aromatic nitrogens is 2. The topological polar surface area (TPSA) is 68.2 Å². The smallest absolute Gasteiger partial charge is 0.221 e. The van der Waals surface area contributed by atoms with Crippen molar-refractivity contribution in [2.45, 2.75) is 26.4 Å². The molecule has 0 aliphatic carbocycles. The molecule has 0 spiro atoms. The summed E-state index contributed by atoms with van der Waals surface area (Å²) in [5.74, 6) is 0.0736. The van der Waals surface area contributed by atoms with Gasteiger partial charge in [0.05, 0.1) is 18.6 Å². The lowest BCUT2D eigenvalue weighted by molar-refractivity contribution is -0.121. The highest BCUT2D eigenvalue weighted by Gasteiger charge is 2.04. The van der Waals surface area contributed by atoms with E-state index in [0.717, 1.165) is 18.8 Å². The molecule has 1 aromatic heterocycles. The van der Waals surface area contributed by atoms with Crippen LogP contribution in [0.2, 0.25) is 0 Å². The number of carbonyl (C=O) groups excluding carboxylic acids is 1. The highest BCUT2D eigenvalue weighted by Crippen LogP contribution is 2.00. The van der Waals surface area contributed by atoms with Crippen molar-refractivity contribution in [3.8, 4) is 0 Å². The molecule has 0 aliphatic heterocycles. The van der Waals surface area contributed by atoms with Crippen LogP contribution >= 0.6 is 0 Å². The average molecular weight is 254 g/mol. The minimum absolute atomic E-state index is 0.0736. The normalized spacial score (nSPS) is 10.6. The van der Waals surface area contributed by atoms with Gasteiger partial charge in [-0.05, 0) is 6.92 Å². The third kappa shape index (κ3) is 5.29. The van der Waals surface area contributed by atoms with Crippen molar-refractivity contribution in [1.82, 2.24) is 20.2 Å². The maximum Gasteiger partial charge on any atom is 0.221 e. The monoisotopic (exact) mass is 254 g/mol. The number of nitrogens with zero attached hydrogens (tertiary/aromatic N) is 2. The Balaban J connectivity index is 2.32. The predicted octanol–water partition coefficient (Wildman–Crippen LogP) is 0.145. The molecule has 0 atom stereocenters. The fraction of sp³-hybridized carbons (Fsp3) is 0.667. The molecule has 6 nitrogen and oxygen atoms in total. The Morgan fingerprint density at radius 3 is 3.11 bits per heavy atom. The summed E-state index contributed by atoms with van der Waals surface area (Å²) in [4.78, 5) is 15.5. The van der Waals surface area contributed by atoms with E-state index in [1.165, 1.54) is 0 Å². The Bertz CT molecular complexity index is 352. The molecule has 0 unspecified atom stereocenters. The minimum Gasteiger partial charge on any atom is -0.383 e. The van der Waals surface area contributed by atoms with Crippen LogP contribution in [0.15, 0.2) is 12.5 Å². The molecule has 0 saturated carbocycles. The van der Waals surface area contributed by atoms with Crippen LogP contribution in [0.4, 0.5) is 0 Å². The van der Waals surface area contributed by atoms with Crippen LogP contribution < -0.4 is 10.6 Å². The lowest BCUT2D eigenvalue weighted by Crippen LogP contribution is -2.25. The van der Waals surface area contributed by atoms with E-state index in [2.05, 4.69) is 15.6 Å². The molecule has 0 radical (unpaired) electrons. The average Bonchev–Trinajstić information content (AvgIpc) is 2.80. The number of rotatable bonds is 9. The molecule has 1 amide bonds. The van der Waals surface area contributed by atoms with Gasteiger partial charge in [0.1, 0.15) is 0 Å². The molecule has 0 bridgehead atoms. The minimum atomic E-state index is 0.0736. The van der Waals surface area contributed by atoms with Crippen molar-refractivity contribution in [1.29, 1.82) is 0 Å². The van der Waals surface area contributed by atoms with Crippen LogP contribution in [0.25, 0.3) is 0 Å². The number of amides is 1. The largest absolute Gasteiger partial charge is 0.383 e. The Kier molecular flexibility index (Phi) is 7.05. The Morgan fingerprint density at radius 1 is 1.56 bits per heavy atom. The van der Waals surface area contributed by atoms with Crippen molar-refractivity contribution in [2.24, 2.45) is 0 Å². The molecule has 0 saturated heterocycles. The molecular weight excluding hydrogens is 232 g/mol. The number of hydrogen-bond acceptors (Lipinski definition) is 4. The zero-order valence-electron chi connectivity index (χ0n) is 11.1. The molecule has 0 aromatic carbocycles. The number of imidazole rings is 1. The number of carbonyl (C=O) groups is 1. The van der Waals surface area contributed by atoms with Crippen molar-refractivity contribution >= 4 is 5.91 Å². The summed E-state index contributed by atoms with van der Waals surface area (Å²) in [5.41, 5.74) is 1.08. The molecule has 1 rings (SSSR count). The van der Waals surface area contributed by atoms with E-state index in [-0.39, 0.29) is 5.91 Å². The molecule has 0 fully saturated rings. The highest BCUT2D eigenvalue weighted by molar-refractivity contribution is 5.75. The van der Waals surface area contributed by atoms with Gasteiger partial charge in [0.25, 0.3) is 0 Å². The van der Waals surface area contributed by atoms with E-state index in [0.29, 0.717) is 26.1 Å². The van der Waals surface area contributed by atoms with Gasteiger partial charge in [0, 0.05) is 45.9 Å². The fourth-order valence-electron chi connectivity index (χ4n) is 1.59. The van der Waals surface area contributed by atoms with E-state index in [1.54, 1.807) is 13.4 Å². The van der Waals surface area contributed by atoms with Gasteiger partial charge < -0.3 is 19.9 Å². The molecule has 102 valence electrons. The first-order valence-electron chi connectivity index (χ1n) is 6.23. The van der Waals surface area contributed by atoms with Crippen LogP contribution in [0.3, 0.4) is 0 Å². The number of ether oxygens (including phenoxy) is 1. The van der Waals surface area contributed by atoms with Crippen molar-refractivity contribution in [3.05, 3.63) is 18.2 Å². The SMILES string of the molecule is CCNC(=O)CCn1cncc1CNCCOC. The van der Waals surface area contributed by atoms with E-state index in [4.69, 9.17) is 4.74 Å². The second-order valence-electron chi connectivity index (χ2n) is 3.95. The third-order valence-electron chi connectivity index (χ3n) is 2.54. The second kappa shape index (κ2) is 8.66. The van der Waals surface area contributed by atoms with Crippen molar-refractivity contribution < 1.29 is 9.53 Å². The maximum absolute atomic E-state index is 11.4. The Labute approximate surface area is 108 Å². The highest BCUT2D eigenvalue weighted by atomic mass is 16.5. The summed E-state index contributed by atoms with van der Waals surface area (Å²) in [6.45, 7) is 5.48. The quantitative estimate of drug-likeness (QED) is 0.615. The van der Waals surface area contributed by atoms with Crippen LogP contribution in [-0.4, -0.2) is 42.3 Å². The zero-order chi connectivity index (χ0) is 13.2. The van der Waals surface area contributed by atoms with E-state index in [1.807, 2.05) is 17.7 Å². The third-order valence-corrected chi connectivity index (χ3v) is 2.54. The van der Waals surface area contributed by atoms with Gasteiger partial charge in [0.2, 0.25) is 5.91 Å². The summed E-state index contributed by atoms with van der Waals surface area (Å²) in [5, 5.41) is 6.04. The van der Waals surface area contributed by atoms with Gasteiger partial charge in [-0.3, -0.25) is 4.79 Å². The van der Waals surface area contributed by atoms with Crippen molar-refractivity contribution in [3.63, 3.8) is 0 Å². The van der Waals surface area contributed by atoms with Gasteiger partial charge in [-0.15, -0.1) is 0 Å². The van der Waals surface area contributed by atoms with Crippen molar-refractivity contribution in [2.75, 3.05) is 26.8 Å². The number of nitrogens with one attached hydrogen (secondary N) is 2. The predicted molar refractivity (Wildman–Crippen MR) is 69.1 cm³/mol. The lowest BCUT2D eigenvalue weighted by atomic mass is 10.3. The lowest BCUT2D eigenvalue weighted by Gasteiger charge is -2.09. The Hall–Kier alpha value is -1.40. The first-order chi connectivity index (χ1) is 8.77. The number of aryl methyl sites for hydroxylation is 1. The summed E-state index contributed by atoms with van der Waals surface area (Å²) >= 11 is 0. The van der Waals surface area contributed by atoms with Gasteiger partial charge >= 0.3 is 0 Å². The Morgan fingerprint density at radius 2 is 2.39 bits per heavy atom. The summed E-state index contributed by atoms with van der Waals surface area (Å²) in [6.07, 6.45) is 4.05. The summed E-state index contributed by atoms with van der Waals surface area (Å²) < 4.78 is 6.95. The zero-order valence-corrected chi connectivity index (χ0v) is 11.1. The molecule has 1 aromatic rings. The standard InChI is InChI=1S/C12H22N4O2/c1-3-15-12(17)4-6-16-10-14-9-11(16)8-13-5-7-18-2/h9-10,13H,3-8H2,1-2H3,(H,15,17). The molecule has 1 heterocycles. The van der Waals surface area contributed by atoms with E-state index in [9.17, 15) is 4.79 Å². The molecule has 6 heteroatoms. The molecule has 0 aliphatic rings. The molecule has 2 N–H and O–H groups in total. The first kappa shape index (κ1) is 14.7. The van der Waals surface area contributed by atoms with Crippen LogP contribution in [0, 0.1) is 0 Å².